The first-order valence-electron chi connectivity index (χ1n) is 6.48. The Morgan fingerprint density at radius 3 is 2.68 bits per heavy atom. The third-order valence-corrected chi connectivity index (χ3v) is 3.22. The lowest BCUT2D eigenvalue weighted by atomic mass is 9.95. The number of anilines is 2. The van der Waals surface area contributed by atoms with Gasteiger partial charge in [0.05, 0.1) is 11.9 Å². The van der Waals surface area contributed by atoms with E-state index in [0.29, 0.717) is 17.7 Å². The number of piperidine rings is 1. The average Bonchev–Trinajstić information content (AvgIpc) is 2.49. The highest BCUT2D eigenvalue weighted by Gasteiger charge is 2.17. The maximum Gasteiger partial charge on any atom is 0.228 e. The Hall–Kier alpha value is -2.08. The minimum Gasteiger partial charge on any atom is -0.317 e. The number of hydrogen-bond donors (Lipinski definition) is 2. The van der Waals surface area contributed by atoms with Crippen molar-refractivity contribution in [2.24, 2.45) is 0 Å². The molecule has 0 aliphatic carbocycles. The van der Waals surface area contributed by atoms with Crippen molar-refractivity contribution in [1.82, 2.24) is 25.3 Å². The second-order valence-corrected chi connectivity index (χ2v) is 4.55. The van der Waals surface area contributed by atoms with Gasteiger partial charge in [0.25, 0.3) is 0 Å². The van der Waals surface area contributed by atoms with Crippen LogP contribution >= 0.6 is 0 Å². The van der Waals surface area contributed by atoms with Crippen LogP contribution in [0, 0.1) is 0 Å². The third-order valence-electron chi connectivity index (χ3n) is 3.22. The lowest BCUT2D eigenvalue weighted by Gasteiger charge is -2.22. The second-order valence-electron chi connectivity index (χ2n) is 4.55. The summed E-state index contributed by atoms with van der Waals surface area (Å²) in [6.45, 7) is 2.09. The molecule has 0 atom stereocenters. The number of aromatic nitrogens is 4. The van der Waals surface area contributed by atoms with Gasteiger partial charge in [0.1, 0.15) is 0 Å². The molecule has 3 heterocycles. The van der Waals surface area contributed by atoms with E-state index < -0.39 is 0 Å². The van der Waals surface area contributed by atoms with Gasteiger partial charge in [0.2, 0.25) is 5.95 Å². The lowest BCUT2D eigenvalue weighted by Crippen LogP contribution is -2.27. The Kier molecular flexibility index (Phi) is 3.60. The van der Waals surface area contributed by atoms with E-state index in [0.717, 1.165) is 31.6 Å². The van der Waals surface area contributed by atoms with Crippen LogP contribution in [0.5, 0.6) is 0 Å². The molecule has 2 N–H and O–H groups in total. The van der Waals surface area contributed by atoms with Crippen molar-refractivity contribution in [2.75, 3.05) is 18.4 Å². The Labute approximate surface area is 111 Å². The monoisotopic (exact) mass is 256 g/mol. The van der Waals surface area contributed by atoms with Crippen LogP contribution in [-0.4, -0.2) is 33.0 Å². The van der Waals surface area contributed by atoms with E-state index in [4.69, 9.17) is 0 Å². The summed E-state index contributed by atoms with van der Waals surface area (Å²) in [5, 5.41) is 6.43. The predicted octanol–water partition coefficient (Wildman–Crippen LogP) is 1.48. The summed E-state index contributed by atoms with van der Waals surface area (Å²) in [7, 11) is 0. The Balaban J connectivity index is 1.76. The molecule has 0 aromatic carbocycles. The summed E-state index contributed by atoms with van der Waals surface area (Å²) in [6.07, 6.45) is 9.16. The highest BCUT2D eigenvalue weighted by molar-refractivity contribution is 5.45. The maximum atomic E-state index is 4.61. The quantitative estimate of drug-likeness (QED) is 0.866. The van der Waals surface area contributed by atoms with Crippen LogP contribution in [0.25, 0.3) is 0 Å². The fraction of sp³-hybridized carbons (Fsp3) is 0.385. The molecule has 0 radical (unpaired) electrons. The third kappa shape index (κ3) is 3.03. The molecule has 0 spiro atoms. The normalized spacial score (nSPS) is 16.2. The number of nitrogens with one attached hydrogen (secondary N) is 2. The maximum absolute atomic E-state index is 4.61. The highest BCUT2D eigenvalue weighted by Crippen LogP contribution is 2.23. The first kappa shape index (κ1) is 12.0. The summed E-state index contributed by atoms with van der Waals surface area (Å²) in [5.74, 6) is 1.73. The molecule has 3 rings (SSSR count). The van der Waals surface area contributed by atoms with Crippen LogP contribution in [0.2, 0.25) is 0 Å². The average molecular weight is 256 g/mol. The molecule has 19 heavy (non-hydrogen) atoms. The van der Waals surface area contributed by atoms with Crippen molar-refractivity contribution in [2.45, 2.75) is 18.8 Å². The number of hydrogen-bond acceptors (Lipinski definition) is 6. The van der Waals surface area contributed by atoms with Crippen molar-refractivity contribution in [1.29, 1.82) is 0 Å². The van der Waals surface area contributed by atoms with Crippen LogP contribution < -0.4 is 10.6 Å². The van der Waals surface area contributed by atoms with Gasteiger partial charge in [0.15, 0.2) is 5.82 Å². The zero-order chi connectivity index (χ0) is 12.9. The topological polar surface area (TPSA) is 75.6 Å². The van der Waals surface area contributed by atoms with Crippen LogP contribution in [0.3, 0.4) is 0 Å². The largest absolute Gasteiger partial charge is 0.317 e. The predicted molar refractivity (Wildman–Crippen MR) is 72.2 cm³/mol. The molecule has 1 aliphatic rings. The molecular weight excluding hydrogens is 240 g/mol. The first-order chi connectivity index (χ1) is 9.42. The molecule has 1 fully saturated rings. The van der Waals surface area contributed by atoms with E-state index in [-0.39, 0.29) is 0 Å². The van der Waals surface area contributed by atoms with E-state index in [1.54, 1.807) is 24.7 Å². The second kappa shape index (κ2) is 5.71. The fourth-order valence-corrected chi connectivity index (χ4v) is 2.23. The van der Waals surface area contributed by atoms with E-state index in [1.165, 1.54) is 0 Å². The van der Waals surface area contributed by atoms with Crippen LogP contribution in [0.15, 0.2) is 30.9 Å². The zero-order valence-electron chi connectivity index (χ0n) is 10.6. The van der Waals surface area contributed by atoms with Gasteiger partial charge in [0, 0.05) is 24.5 Å². The summed E-state index contributed by atoms with van der Waals surface area (Å²) >= 11 is 0. The van der Waals surface area contributed by atoms with E-state index in [2.05, 4.69) is 30.6 Å². The van der Waals surface area contributed by atoms with Crippen molar-refractivity contribution >= 4 is 11.8 Å². The van der Waals surface area contributed by atoms with Crippen LogP contribution in [0.4, 0.5) is 11.8 Å². The molecule has 6 heteroatoms. The van der Waals surface area contributed by atoms with Crippen molar-refractivity contribution in [3.63, 3.8) is 0 Å². The smallest absolute Gasteiger partial charge is 0.228 e. The fourth-order valence-electron chi connectivity index (χ4n) is 2.23. The molecule has 2 aromatic rings. The molecular formula is C13H16N6. The molecule has 0 saturated carbocycles. The molecule has 2 aromatic heterocycles. The molecule has 0 unspecified atom stereocenters. The van der Waals surface area contributed by atoms with Gasteiger partial charge in [-0.05, 0) is 32.0 Å². The summed E-state index contributed by atoms with van der Waals surface area (Å²) < 4.78 is 0. The van der Waals surface area contributed by atoms with Crippen LogP contribution in [-0.2, 0) is 0 Å². The van der Waals surface area contributed by atoms with Gasteiger partial charge in [-0.25, -0.2) is 15.0 Å². The molecule has 0 amide bonds. The summed E-state index contributed by atoms with van der Waals surface area (Å²) in [6, 6.07) is 1.78. The highest BCUT2D eigenvalue weighted by atomic mass is 15.1. The van der Waals surface area contributed by atoms with Crippen molar-refractivity contribution in [3.05, 3.63) is 36.5 Å². The minimum absolute atomic E-state index is 0.493. The molecule has 6 nitrogen and oxygen atoms in total. The first-order valence-corrected chi connectivity index (χ1v) is 6.48. The van der Waals surface area contributed by atoms with Gasteiger partial charge in [-0.15, -0.1) is 0 Å². The molecule has 1 aliphatic heterocycles. The Bertz CT molecular complexity index is 524. The summed E-state index contributed by atoms with van der Waals surface area (Å²) in [5.41, 5.74) is 1.04. The van der Waals surface area contributed by atoms with Gasteiger partial charge in [-0.3, -0.25) is 4.98 Å². The Morgan fingerprint density at radius 1 is 1.11 bits per heavy atom. The minimum atomic E-state index is 0.493. The molecule has 0 bridgehead atoms. The van der Waals surface area contributed by atoms with Crippen LogP contribution in [0.1, 0.15) is 24.5 Å². The standard InChI is InChI=1S/C13H16N6/c1-4-16-13(17-5-1)19-12-9-15-8-11(18-12)10-2-6-14-7-3-10/h1,4-5,8-10,14H,2-3,6-7H2,(H,16,17,18,19). The SMILES string of the molecule is c1cnc(Nc2cncc(C3CCNCC3)n2)nc1. The Morgan fingerprint density at radius 2 is 1.89 bits per heavy atom. The van der Waals surface area contributed by atoms with Gasteiger partial charge in [-0.2, -0.15) is 0 Å². The van der Waals surface area contributed by atoms with Crippen molar-refractivity contribution < 1.29 is 0 Å². The lowest BCUT2D eigenvalue weighted by molar-refractivity contribution is 0.452. The number of rotatable bonds is 3. The van der Waals surface area contributed by atoms with E-state index >= 15 is 0 Å². The molecule has 1 saturated heterocycles. The van der Waals surface area contributed by atoms with Crippen molar-refractivity contribution in [3.8, 4) is 0 Å². The number of nitrogens with zero attached hydrogens (tertiary/aromatic N) is 4. The molecule has 98 valence electrons. The summed E-state index contributed by atoms with van der Waals surface area (Å²) in [4.78, 5) is 17.1. The van der Waals surface area contributed by atoms with E-state index in [9.17, 15) is 0 Å². The zero-order valence-corrected chi connectivity index (χ0v) is 10.6. The van der Waals surface area contributed by atoms with Gasteiger partial charge >= 0.3 is 0 Å². The van der Waals surface area contributed by atoms with E-state index in [1.807, 2.05) is 6.20 Å². The van der Waals surface area contributed by atoms with Gasteiger partial charge < -0.3 is 10.6 Å². The van der Waals surface area contributed by atoms with Gasteiger partial charge in [-0.1, -0.05) is 0 Å².